The molecule has 2 aliphatic heterocycles. The molecular formula is C23H34IN3O2. The molecule has 160 valence electrons. The molecule has 4 fully saturated rings. The Labute approximate surface area is 191 Å². The lowest BCUT2D eigenvalue weighted by Crippen LogP contribution is -2.72. The van der Waals surface area contributed by atoms with E-state index in [1.54, 1.807) is 7.11 Å². The Morgan fingerprint density at radius 1 is 1.28 bits per heavy atom. The SMILES string of the molecule is CCN=C(NC1C2CCOC2C12CCC2)N1CCC(c2ccc(OC)cc2)C1.I. The van der Waals surface area contributed by atoms with Crippen LogP contribution in [0, 0.1) is 11.3 Å². The predicted molar refractivity (Wildman–Crippen MR) is 126 cm³/mol. The van der Waals surface area contributed by atoms with Crippen molar-refractivity contribution in [1.29, 1.82) is 0 Å². The smallest absolute Gasteiger partial charge is 0.194 e. The van der Waals surface area contributed by atoms with E-state index in [2.05, 4.69) is 41.4 Å². The Bertz CT molecular complexity index is 734. The molecular weight excluding hydrogens is 477 g/mol. The first-order valence-corrected chi connectivity index (χ1v) is 11.1. The Morgan fingerprint density at radius 2 is 2.07 bits per heavy atom. The van der Waals surface area contributed by atoms with Gasteiger partial charge in [-0.25, -0.2) is 0 Å². The van der Waals surface area contributed by atoms with Crippen LogP contribution in [0.3, 0.4) is 0 Å². The number of methoxy groups -OCH3 is 1. The summed E-state index contributed by atoms with van der Waals surface area (Å²) in [5, 5.41) is 3.93. The zero-order chi connectivity index (χ0) is 19.1. The largest absolute Gasteiger partial charge is 0.497 e. The number of halogens is 1. The maximum absolute atomic E-state index is 6.10. The van der Waals surface area contributed by atoms with Gasteiger partial charge in [-0.2, -0.15) is 0 Å². The Morgan fingerprint density at radius 3 is 2.72 bits per heavy atom. The van der Waals surface area contributed by atoms with Gasteiger partial charge in [0, 0.05) is 49.5 Å². The number of guanidine groups is 1. The second kappa shape index (κ2) is 8.61. The molecule has 1 aromatic carbocycles. The van der Waals surface area contributed by atoms with E-state index in [1.165, 1.54) is 37.7 Å². The van der Waals surface area contributed by atoms with E-state index in [4.69, 9.17) is 14.5 Å². The highest BCUT2D eigenvalue weighted by Gasteiger charge is 2.66. The number of likely N-dealkylation sites (tertiary alicyclic amines) is 1. The van der Waals surface area contributed by atoms with Gasteiger partial charge in [0.1, 0.15) is 5.75 Å². The fourth-order valence-corrected chi connectivity index (χ4v) is 6.08. The minimum absolute atomic E-state index is 0. The maximum atomic E-state index is 6.10. The summed E-state index contributed by atoms with van der Waals surface area (Å²) in [6, 6.07) is 9.14. The van der Waals surface area contributed by atoms with Crippen molar-refractivity contribution in [3.63, 3.8) is 0 Å². The average Bonchev–Trinajstić information content (AvgIpc) is 3.32. The van der Waals surface area contributed by atoms with Crippen molar-refractivity contribution < 1.29 is 9.47 Å². The van der Waals surface area contributed by atoms with E-state index in [0.717, 1.165) is 38.0 Å². The van der Waals surface area contributed by atoms with Crippen molar-refractivity contribution >= 4 is 29.9 Å². The quantitative estimate of drug-likeness (QED) is 0.377. The topological polar surface area (TPSA) is 46.1 Å². The van der Waals surface area contributed by atoms with Crippen LogP contribution in [0.2, 0.25) is 0 Å². The number of nitrogens with zero attached hydrogens (tertiary/aromatic N) is 2. The number of fused-ring (bicyclic) bond motifs is 2. The number of nitrogens with one attached hydrogen (secondary N) is 1. The molecule has 0 amide bonds. The monoisotopic (exact) mass is 511 g/mol. The van der Waals surface area contributed by atoms with Crippen LogP contribution in [-0.4, -0.2) is 56.4 Å². The van der Waals surface area contributed by atoms with Crippen LogP contribution >= 0.6 is 24.0 Å². The van der Waals surface area contributed by atoms with E-state index in [1.807, 2.05) is 0 Å². The minimum Gasteiger partial charge on any atom is -0.497 e. The Balaban J connectivity index is 0.00000205. The van der Waals surface area contributed by atoms with Crippen molar-refractivity contribution in [2.45, 2.75) is 57.1 Å². The highest BCUT2D eigenvalue weighted by Crippen LogP contribution is 2.62. The Kier molecular flexibility index (Phi) is 6.30. The maximum Gasteiger partial charge on any atom is 0.194 e. The van der Waals surface area contributed by atoms with Gasteiger partial charge in [-0.3, -0.25) is 4.99 Å². The molecule has 2 saturated heterocycles. The van der Waals surface area contributed by atoms with Crippen LogP contribution in [0.5, 0.6) is 5.75 Å². The van der Waals surface area contributed by atoms with E-state index in [0.29, 0.717) is 29.4 Å². The van der Waals surface area contributed by atoms with Gasteiger partial charge >= 0.3 is 0 Å². The summed E-state index contributed by atoms with van der Waals surface area (Å²) in [7, 11) is 1.72. The van der Waals surface area contributed by atoms with E-state index < -0.39 is 0 Å². The molecule has 1 spiro atoms. The van der Waals surface area contributed by atoms with E-state index >= 15 is 0 Å². The predicted octanol–water partition coefficient (Wildman–Crippen LogP) is 4.03. The van der Waals surface area contributed by atoms with Gasteiger partial charge < -0.3 is 19.7 Å². The van der Waals surface area contributed by atoms with Gasteiger partial charge in [0.25, 0.3) is 0 Å². The summed E-state index contributed by atoms with van der Waals surface area (Å²) in [5.41, 5.74) is 1.80. The summed E-state index contributed by atoms with van der Waals surface area (Å²) < 4.78 is 11.4. The average molecular weight is 511 g/mol. The molecule has 5 nitrogen and oxygen atoms in total. The summed E-state index contributed by atoms with van der Waals surface area (Å²) in [6.07, 6.45) is 6.89. The van der Waals surface area contributed by atoms with Crippen molar-refractivity contribution in [2.24, 2.45) is 16.3 Å². The number of rotatable bonds is 4. The third kappa shape index (κ3) is 3.54. The summed E-state index contributed by atoms with van der Waals surface area (Å²) >= 11 is 0. The highest BCUT2D eigenvalue weighted by atomic mass is 127. The lowest BCUT2D eigenvalue weighted by molar-refractivity contribution is -0.171. The first-order chi connectivity index (χ1) is 13.7. The zero-order valence-electron chi connectivity index (χ0n) is 17.6. The van der Waals surface area contributed by atoms with Gasteiger partial charge in [-0.1, -0.05) is 18.6 Å². The molecule has 1 aromatic rings. The van der Waals surface area contributed by atoms with Gasteiger partial charge in [0.15, 0.2) is 5.96 Å². The van der Waals surface area contributed by atoms with Crippen molar-refractivity contribution in [3.8, 4) is 5.75 Å². The Hall–Kier alpha value is -1.02. The third-order valence-corrected chi connectivity index (χ3v) is 7.70. The van der Waals surface area contributed by atoms with Crippen molar-refractivity contribution in [1.82, 2.24) is 10.2 Å². The van der Waals surface area contributed by atoms with Crippen LogP contribution in [0.15, 0.2) is 29.3 Å². The van der Waals surface area contributed by atoms with Crippen LogP contribution in [0.25, 0.3) is 0 Å². The molecule has 5 rings (SSSR count). The number of hydrogen-bond acceptors (Lipinski definition) is 3. The summed E-state index contributed by atoms with van der Waals surface area (Å²) in [5.74, 6) is 3.30. The second-order valence-electron chi connectivity index (χ2n) is 8.96. The van der Waals surface area contributed by atoms with Crippen molar-refractivity contribution in [2.75, 3.05) is 33.4 Å². The lowest BCUT2D eigenvalue weighted by atomic mass is 9.46. The second-order valence-corrected chi connectivity index (χ2v) is 8.96. The number of benzene rings is 1. The van der Waals surface area contributed by atoms with Crippen LogP contribution in [-0.2, 0) is 4.74 Å². The van der Waals surface area contributed by atoms with Crippen LogP contribution < -0.4 is 10.1 Å². The number of aliphatic imine (C=N–C) groups is 1. The van der Waals surface area contributed by atoms with E-state index in [9.17, 15) is 0 Å². The number of ether oxygens (including phenoxy) is 2. The fraction of sp³-hybridized carbons (Fsp3) is 0.696. The fourth-order valence-electron chi connectivity index (χ4n) is 6.08. The highest BCUT2D eigenvalue weighted by molar-refractivity contribution is 14.0. The molecule has 6 heteroatoms. The molecule has 4 aliphatic rings. The first-order valence-electron chi connectivity index (χ1n) is 11.1. The molecule has 0 aromatic heterocycles. The summed E-state index contributed by atoms with van der Waals surface area (Å²) in [6.45, 7) is 6.03. The van der Waals surface area contributed by atoms with Gasteiger partial charge in [0.2, 0.25) is 0 Å². The standard InChI is InChI=1S/C23H33N3O2.HI/c1-3-24-22(25-20-19-10-14-28-21(19)23(20)11-4-12-23)26-13-9-17(15-26)16-5-7-18(27-2)8-6-16;/h5-8,17,19-21H,3-4,9-15H2,1-2H3,(H,24,25);1H. The van der Waals surface area contributed by atoms with Gasteiger partial charge in [-0.05, 0) is 50.3 Å². The molecule has 2 heterocycles. The van der Waals surface area contributed by atoms with Gasteiger partial charge in [-0.15, -0.1) is 24.0 Å². The lowest BCUT2D eigenvalue weighted by Gasteiger charge is -2.63. The molecule has 0 radical (unpaired) electrons. The molecule has 4 atom stereocenters. The van der Waals surface area contributed by atoms with Crippen molar-refractivity contribution in [3.05, 3.63) is 29.8 Å². The van der Waals surface area contributed by atoms with Gasteiger partial charge in [0.05, 0.1) is 13.2 Å². The first kappa shape index (κ1) is 21.2. The molecule has 0 bridgehead atoms. The molecule has 2 aliphatic carbocycles. The van der Waals surface area contributed by atoms with E-state index in [-0.39, 0.29) is 24.0 Å². The van der Waals surface area contributed by atoms with Crippen LogP contribution in [0.1, 0.15) is 50.5 Å². The minimum atomic E-state index is 0. The molecule has 4 unspecified atom stereocenters. The zero-order valence-corrected chi connectivity index (χ0v) is 19.9. The molecule has 29 heavy (non-hydrogen) atoms. The number of hydrogen-bond donors (Lipinski definition) is 1. The van der Waals surface area contributed by atoms with Crippen LogP contribution in [0.4, 0.5) is 0 Å². The third-order valence-electron chi connectivity index (χ3n) is 7.70. The normalized spacial score (nSPS) is 32.2. The molecule has 1 N–H and O–H groups in total. The molecule has 2 saturated carbocycles. The summed E-state index contributed by atoms with van der Waals surface area (Å²) in [4.78, 5) is 7.37.